The molecule has 5 nitrogen and oxygen atoms in total. The molecule has 1 aromatic carbocycles. The number of nitrogens with zero attached hydrogens (tertiary/aromatic N) is 1. The first kappa shape index (κ1) is 18.1. The topological polar surface area (TPSA) is 63.5 Å². The maximum absolute atomic E-state index is 12.6. The minimum absolute atomic E-state index is 0.0130. The molecule has 24 heavy (non-hydrogen) atoms. The van der Waals surface area contributed by atoms with Crippen molar-refractivity contribution in [2.24, 2.45) is 5.92 Å². The summed E-state index contributed by atoms with van der Waals surface area (Å²) in [5, 5.41) is 12.2. The number of ether oxygens (including phenoxy) is 1. The molecule has 0 fully saturated rings. The van der Waals surface area contributed by atoms with Crippen LogP contribution in [-0.2, 0) is 0 Å². The highest BCUT2D eigenvalue weighted by Gasteiger charge is 2.20. The number of benzene rings is 1. The van der Waals surface area contributed by atoms with Crippen LogP contribution in [0.4, 0.5) is 0 Å². The second-order valence-electron chi connectivity index (χ2n) is 6.24. The lowest BCUT2D eigenvalue weighted by Gasteiger charge is -2.19. The Morgan fingerprint density at radius 2 is 1.88 bits per heavy atom. The number of carbonyl (C=O) groups excluding carboxylic acids is 1. The molecule has 0 aliphatic rings. The summed E-state index contributed by atoms with van der Waals surface area (Å²) in [4.78, 5) is 12.6. The van der Waals surface area contributed by atoms with Crippen LogP contribution in [0.5, 0.6) is 5.75 Å². The number of hydrogen-bond acceptors (Lipinski definition) is 3. The van der Waals surface area contributed by atoms with Gasteiger partial charge in [0.05, 0.1) is 12.7 Å². The summed E-state index contributed by atoms with van der Waals surface area (Å²) in [6.45, 7) is 7.78. The van der Waals surface area contributed by atoms with Gasteiger partial charge in [0.15, 0.2) is 0 Å². The molecule has 130 valence electrons. The standard InChI is InChI=1S/C19H26N2O3/c1-12(11-22)14(3)20-19(23)18-10-13(2)21(15(18)4)16-6-8-17(24-5)9-7-16/h6-10,12,14,22H,11H2,1-5H3,(H,20,23). The third-order valence-corrected chi connectivity index (χ3v) is 4.51. The van der Waals surface area contributed by atoms with Crippen LogP contribution >= 0.6 is 0 Å². The van der Waals surface area contributed by atoms with E-state index in [0.29, 0.717) is 5.56 Å². The van der Waals surface area contributed by atoms with Crippen LogP contribution in [0.1, 0.15) is 35.6 Å². The average molecular weight is 330 g/mol. The first-order valence-corrected chi connectivity index (χ1v) is 8.14. The summed E-state index contributed by atoms with van der Waals surface area (Å²) in [7, 11) is 1.64. The summed E-state index contributed by atoms with van der Waals surface area (Å²) < 4.78 is 7.24. The molecule has 2 unspecified atom stereocenters. The molecule has 0 aliphatic heterocycles. The molecule has 0 saturated carbocycles. The molecule has 2 atom stereocenters. The summed E-state index contributed by atoms with van der Waals surface area (Å²) >= 11 is 0. The van der Waals surface area contributed by atoms with E-state index in [-0.39, 0.29) is 24.5 Å². The molecule has 0 aliphatic carbocycles. The SMILES string of the molecule is COc1ccc(-n2c(C)cc(C(=O)NC(C)C(C)CO)c2C)cc1. The van der Waals surface area contributed by atoms with Crippen molar-refractivity contribution in [2.75, 3.05) is 13.7 Å². The van der Waals surface area contributed by atoms with Crippen LogP contribution in [0.25, 0.3) is 5.69 Å². The predicted molar refractivity (Wildman–Crippen MR) is 95.0 cm³/mol. The molecule has 1 amide bonds. The summed E-state index contributed by atoms with van der Waals surface area (Å²) in [6, 6.07) is 9.54. The highest BCUT2D eigenvalue weighted by Crippen LogP contribution is 2.23. The number of rotatable bonds is 6. The van der Waals surface area contributed by atoms with Crippen LogP contribution < -0.4 is 10.1 Å². The van der Waals surface area contributed by atoms with Gasteiger partial charge in [-0.3, -0.25) is 4.79 Å². The van der Waals surface area contributed by atoms with Crippen molar-refractivity contribution in [3.05, 3.63) is 47.3 Å². The van der Waals surface area contributed by atoms with Crippen LogP contribution in [0.3, 0.4) is 0 Å². The van der Waals surface area contributed by atoms with Crippen molar-refractivity contribution in [1.29, 1.82) is 0 Å². The zero-order valence-corrected chi connectivity index (χ0v) is 15.0. The Balaban J connectivity index is 2.29. The lowest BCUT2D eigenvalue weighted by Crippen LogP contribution is -2.38. The molecule has 2 aromatic rings. The van der Waals surface area contributed by atoms with E-state index in [1.807, 2.05) is 58.0 Å². The van der Waals surface area contributed by atoms with Gasteiger partial charge < -0.3 is 19.7 Å². The van der Waals surface area contributed by atoms with Crippen molar-refractivity contribution in [3.8, 4) is 11.4 Å². The van der Waals surface area contributed by atoms with Gasteiger partial charge in [-0.2, -0.15) is 0 Å². The van der Waals surface area contributed by atoms with Gasteiger partial charge in [-0.15, -0.1) is 0 Å². The summed E-state index contributed by atoms with van der Waals surface area (Å²) in [6.07, 6.45) is 0. The third-order valence-electron chi connectivity index (χ3n) is 4.51. The Labute approximate surface area is 143 Å². The number of aromatic nitrogens is 1. The van der Waals surface area contributed by atoms with Gasteiger partial charge >= 0.3 is 0 Å². The van der Waals surface area contributed by atoms with Crippen LogP contribution in [0.15, 0.2) is 30.3 Å². The smallest absolute Gasteiger partial charge is 0.253 e. The molecule has 2 N–H and O–H groups in total. The first-order valence-electron chi connectivity index (χ1n) is 8.14. The fraction of sp³-hybridized carbons (Fsp3) is 0.421. The van der Waals surface area contributed by atoms with Gasteiger partial charge in [0.1, 0.15) is 5.75 Å². The lowest BCUT2D eigenvalue weighted by molar-refractivity contribution is 0.0915. The average Bonchev–Trinajstić information content (AvgIpc) is 2.88. The zero-order valence-electron chi connectivity index (χ0n) is 15.0. The Morgan fingerprint density at radius 1 is 1.25 bits per heavy atom. The Bertz CT molecular complexity index is 704. The van der Waals surface area contributed by atoms with Crippen LogP contribution in [0, 0.1) is 19.8 Å². The van der Waals surface area contributed by atoms with Crippen LogP contribution in [0.2, 0.25) is 0 Å². The second-order valence-corrected chi connectivity index (χ2v) is 6.24. The van der Waals surface area contributed by atoms with E-state index in [2.05, 4.69) is 9.88 Å². The number of hydrogen-bond donors (Lipinski definition) is 2. The third kappa shape index (κ3) is 3.62. The maximum atomic E-state index is 12.6. The Morgan fingerprint density at radius 3 is 2.42 bits per heavy atom. The fourth-order valence-electron chi connectivity index (χ4n) is 2.71. The van der Waals surface area contributed by atoms with E-state index >= 15 is 0 Å². The Hall–Kier alpha value is -2.27. The predicted octanol–water partition coefficient (Wildman–Crippen LogP) is 2.85. The highest BCUT2D eigenvalue weighted by atomic mass is 16.5. The molecular formula is C19H26N2O3. The van der Waals surface area contributed by atoms with Gasteiger partial charge in [0.2, 0.25) is 0 Å². The van der Waals surface area contributed by atoms with E-state index in [1.165, 1.54) is 0 Å². The molecular weight excluding hydrogens is 304 g/mol. The molecule has 0 radical (unpaired) electrons. The largest absolute Gasteiger partial charge is 0.497 e. The van der Waals surface area contributed by atoms with Crippen molar-refractivity contribution in [2.45, 2.75) is 33.7 Å². The quantitative estimate of drug-likeness (QED) is 0.856. The van der Waals surface area contributed by atoms with Gasteiger partial charge in [-0.1, -0.05) is 6.92 Å². The number of carbonyl (C=O) groups is 1. The van der Waals surface area contributed by atoms with Crippen molar-refractivity contribution >= 4 is 5.91 Å². The minimum atomic E-state index is -0.115. The summed E-state index contributed by atoms with van der Waals surface area (Å²) in [5.41, 5.74) is 3.52. The summed E-state index contributed by atoms with van der Waals surface area (Å²) in [5.74, 6) is 0.695. The monoisotopic (exact) mass is 330 g/mol. The minimum Gasteiger partial charge on any atom is -0.497 e. The van der Waals surface area contributed by atoms with E-state index in [4.69, 9.17) is 4.74 Å². The van der Waals surface area contributed by atoms with Gasteiger partial charge in [-0.25, -0.2) is 0 Å². The van der Waals surface area contributed by atoms with Gasteiger partial charge in [0.25, 0.3) is 5.91 Å². The van der Waals surface area contributed by atoms with E-state index < -0.39 is 0 Å². The number of nitrogens with one attached hydrogen (secondary N) is 1. The molecule has 1 heterocycles. The van der Waals surface area contributed by atoms with Crippen molar-refractivity contribution in [3.63, 3.8) is 0 Å². The van der Waals surface area contributed by atoms with Crippen molar-refractivity contribution < 1.29 is 14.6 Å². The number of aliphatic hydroxyl groups is 1. The molecule has 0 saturated heterocycles. The van der Waals surface area contributed by atoms with Crippen LogP contribution in [-0.4, -0.2) is 35.3 Å². The fourth-order valence-corrected chi connectivity index (χ4v) is 2.71. The zero-order chi connectivity index (χ0) is 17.9. The Kier molecular flexibility index (Phi) is 5.67. The number of amides is 1. The van der Waals surface area contributed by atoms with Gasteiger partial charge in [-0.05, 0) is 57.0 Å². The first-order chi connectivity index (χ1) is 11.4. The maximum Gasteiger partial charge on any atom is 0.253 e. The number of aryl methyl sites for hydroxylation is 1. The van der Waals surface area contributed by atoms with Crippen molar-refractivity contribution in [1.82, 2.24) is 9.88 Å². The molecule has 0 spiro atoms. The second kappa shape index (κ2) is 7.53. The normalized spacial score (nSPS) is 13.4. The molecule has 5 heteroatoms. The van der Waals surface area contributed by atoms with E-state index in [9.17, 15) is 9.90 Å². The number of methoxy groups -OCH3 is 1. The molecule has 1 aromatic heterocycles. The van der Waals surface area contributed by atoms with E-state index in [0.717, 1.165) is 22.8 Å². The van der Waals surface area contributed by atoms with E-state index in [1.54, 1.807) is 7.11 Å². The molecule has 2 rings (SSSR count). The molecule has 0 bridgehead atoms. The lowest BCUT2D eigenvalue weighted by atomic mass is 10.0. The van der Waals surface area contributed by atoms with Gasteiger partial charge in [0, 0.05) is 29.7 Å². The highest BCUT2D eigenvalue weighted by molar-refractivity contribution is 5.96. The number of aliphatic hydroxyl groups excluding tert-OH is 1.